The van der Waals surface area contributed by atoms with Gasteiger partial charge in [-0.15, -0.1) is 0 Å². The summed E-state index contributed by atoms with van der Waals surface area (Å²) in [6.45, 7) is 0. The smallest absolute Gasteiger partial charge is 0.210 e. The number of fused-ring (bicyclic) bond motifs is 1. The van der Waals surface area contributed by atoms with Crippen LogP contribution in [0.1, 0.15) is 43.1 Å². The number of aliphatic hydroxyl groups is 1. The molecule has 6 nitrogen and oxygen atoms in total. The van der Waals surface area contributed by atoms with Gasteiger partial charge in [0.2, 0.25) is 5.95 Å². The van der Waals surface area contributed by atoms with E-state index >= 15 is 0 Å². The van der Waals surface area contributed by atoms with Crippen LogP contribution >= 0.6 is 0 Å². The number of anilines is 2. The number of aliphatic hydroxyl groups excluding tert-OH is 1. The largest absolute Gasteiger partial charge is 0.393 e. The third-order valence-electron chi connectivity index (χ3n) is 5.91. The van der Waals surface area contributed by atoms with Gasteiger partial charge in [-0.25, -0.2) is 23.7 Å². The molecule has 2 aromatic carbocycles. The molecule has 0 saturated heterocycles. The Bertz CT molecular complexity index is 1230. The lowest BCUT2D eigenvalue weighted by Crippen LogP contribution is -2.22. The first kappa shape index (κ1) is 20.5. The minimum Gasteiger partial charge on any atom is -0.393 e. The highest BCUT2D eigenvalue weighted by Gasteiger charge is 2.26. The maximum atomic E-state index is 14.3. The lowest BCUT2D eigenvalue weighted by molar-refractivity contribution is 0.112. The molecule has 1 aliphatic rings. The lowest BCUT2D eigenvalue weighted by Gasteiger charge is -2.28. The van der Waals surface area contributed by atoms with E-state index in [9.17, 15) is 13.9 Å². The van der Waals surface area contributed by atoms with Crippen molar-refractivity contribution in [2.24, 2.45) is 0 Å². The molecule has 1 saturated carbocycles. The number of halogens is 2. The Morgan fingerprint density at radius 3 is 2.47 bits per heavy atom. The highest BCUT2D eigenvalue weighted by molar-refractivity contribution is 5.75. The standard InChI is InChI=1S/C24H23F2N5O/c25-16-7-5-15(6-8-16)13-22-27-14-21-23(30-22)31(17-9-11-18(32)12-10-17)24(29-21)28-20-4-2-1-3-19(20)26/h1-8,14,17-18,32H,9-13H2,(H,28,29). The van der Waals surface area contributed by atoms with E-state index < -0.39 is 0 Å². The minimum absolute atomic E-state index is 0.0752. The Morgan fingerprint density at radius 2 is 1.72 bits per heavy atom. The number of nitrogens with one attached hydrogen (secondary N) is 1. The Kier molecular flexibility index (Phi) is 5.53. The highest BCUT2D eigenvalue weighted by Crippen LogP contribution is 2.35. The molecule has 1 aliphatic carbocycles. The summed E-state index contributed by atoms with van der Waals surface area (Å²) in [5.74, 6) is 0.443. The van der Waals surface area contributed by atoms with Crippen LogP contribution in [0.5, 0.6) is 0 Å². The summed E-state index contributed by atoms with van der Waals surface area (Å²) in [7, 11) is 0. The third kappa shape index (κ3) is 4.18. The molecule has 1 fully saturated rings. The molecule has 0 unspecified atom stereocenters. The average molecular weight is 435 g/mol. The van der Waals surface area contributed by atoms with Gasteiger partial charge >= 0.3 is 0 Å². The number of rotatable bonds is 5. The number of hydrogen-bond acceptors (Lipinski definition) is 5. The molecule has 0 radical (unpaired) electrons. The maximum absolute atomic E-state index is 14.3. The van der Waals surface area contributed by atoms with Gasteiger partial charge in [0.15, 0.2) is 5.65 Å². The van der Waals surface area contributed by atoms with Gasteiger partial charge in [-0.3, -0.25) is 4.57 Å². The van der Waals surface area contributed by atoms with E-state index in [1.165, 1.54) is 18.2 Å². The Labute approximate surface area is 184 Å². The van der Waals surface area contributed by atoms with Crippen molar-refractivity contribution in [3.05, 3.63) is 77.8 Å². The molecule has 0 bridgehead atoms. The number of nitrogens with zero attached hydrogens (tertiary/aromatic N) is 4. The van der Waals surface area contributed by atoms with E-state index in [-0.39, 0.29) is 23.8 Å². The third-order valence-corrected chi connectivity index (χ3v) is 5.91. The summed E-state index contributed by atoms with van der Waals surface area (Å²) < 4.78 is 29.5. The van der Waals surface area contributed by atoms with Gasteiger partial charge in [-0.2, -0.15) is 0 Å². The molecule has 5 rings (SSSR count). The summed E-state index contributed by atoms with van der Waals surface area (Å²) in [5.41, 5.74) is 2.51. The van der Waals surface area contributed by atoms with Gasteiger partial charge in [0, 0.05) is 12.5 Å². The van der Waals surface area contributed by atoms with Crippen molar-refractivity contribution in [3.63, 3.8) is 0 Å². The van der Waals surface area contributed by atoms with Gasteiger partial charge in [0.25, 0.3) is 0 Å². The average Bonchev–Trinajstić information content (AvgIpc) is 3.15. The molecule has 0 atom stereocenters. The second-order valence-electron chi connectivity index (χ2n) is 8.17. The van der Waals surface area contributed by atoms with Gasteiger partial charge in [0.1, 0.15) is 23.0 Å². The zero-order chi connectivity index (χ0) is 22.1. The molecule has 0 amide bonds. The first-order valence-electron chi connectivity index (χ1n) is 10.7. The first-order chi connectivity index (χ1) is 15.6. The van der Waals surface area contributed by atoms with Crippen LogP contribution in [-0.2, 0) is 6.42 Å². The Morgan fingerprint density at radius 1 is 0.969 bits per heavy atom. The first-order valence-corrected chi connectivity index (χ1v) is 10.7. The molecular weight excluding hydrogens is 412 g/mol. The predicted molar refractivity (Wildman–Crippen MR) is 118 cm³/mol. The van der Waals surface area contributed by atoms with Crippen LogP contribution < -0.4 is 5.32 Å². The van der Waals surface area contributed by atoms with Gasteiger partial charge < -0.3 is 10.4 Å². The quantitative estimate of drug-likeness (QED) is 0.466. The number of imidazole rings is 1. The molecule has 0 spiro atoms. The lowest BCUT2D eigenvalue weighted by atomic mass is 9.93. The number of benzene rings is 2. The fraction of sp³-hybridized carbons (Fsp3) is 0.292. The second kappa shape index (κ2) is 8.63. The molecule has 2 aromatic heterocycles. The van der Waals surface area contributed by atoms with Crippen LogP contribution in [0.2, 0.25) is 0 Å². The molecular formula is C24H23F2N5O. The summed E-state index contributed by atoms with van der Waals surface area (Å²) in [4.78, 5) is 13.9. The van der Waals surface area contributed by atoms with Crippen LogP contribution in [0, 0.1) is 11.6 Å². The zero-order valence-electron chi connectivity index (χ0n) is 17.4. The molecule has 2 heterocycles. The van der Waals surface area contributed by atoms with Crippen LogP contribution in [0.15, 0.2) is 54.7 Å². The summed E-state index contributed by atoms with van der Waals surface area (Å²) in [6, 6.07) is 12.8. The van der Waals surface area contributed by atoms with Crippen LogP contribution in [0.4, 0.5) is 20.4 Å². The number of aromatic nitrogens is 4. The van der Waals surface area contributed by atoms with Crippen LogP contribution in [0.3, 0.4) is 0 Å². The van der Waals surface area contributed by atoms with Crippen molar-refractivity contribution in [3.8, 4) is 0 Å². The molecule has 2 N–H and O–H groups in total. The van der Waals surface area contributed by atoms with E-state index in [0.717, 1.165) is 18.4 Å². The summed E-state index contributed by atoms with van der Waals surface area (Å²) in [5, 5.41) is 13.1. The highest BCUT2D eigenvalue weighted by atomic mass is 19.1. The molecule has 0 aliphatic heterocycles. The molecule has 4 aromatic rings. The van der Waals surface area contributed by atoms with Gasteiger partial charge in [0.05, 0.1) is 18.0 Å². The van der Waals surface area contributed by atoms with E-state index in [4.69, 9.17) is 4.98 Å². The van der Waals surface area contributed by atoms with Crippen molar-refractivity contribution >= 4 is 22.8 Å². The van der Waals surface area contributed by atoms with Gasteiger partial charge in [-0.05, 0) is 55.5 Å². The fourth-order valence-corrected chi connectivity index (χ4v) is 4.23. The number of hydrogen-bond donors (Lipinski definition) is 2. The fourth-order valence-electron chi connectivity index (χ4n) is 4.23. The van der Waals surface area contributed by atoms with Crippen LogP contribution in [0.25, 0.3) is 11.2 Å². The Balaban J connectivity index is 1.55. The normalized spacial score (nSPS) is 18.7. The van der Waals surface area contributed by atoms with Crippen molar-refractivity contribution < 1.29 is 13.9 Å². The topological polar surface area (TPSA) is 75.9 Å². The van der Waals surface area contributed by atoms with Crippen molar-refractivity contribution in [1.29, 1.82) is 0 Å². The van der Waals surface area contributed by atoms with E-state index in [2.05, 4.69) is 15.3 Å². The molecule has 32 heavy (non-hydrogen) atoms. The van der Waals surface area contributed by atoms with Crippen LogP contribution in [-0.4, -0.2) is 30.7 Å². The minimum atomic E-state index is -0.367. The van der Waals surface area contributed by atoms with Gasteiger partial charge in [-0.1, -0.05) is 24.3 Å². The zero-order valence-corrected chi connectivity index (χ0v) is 17.4. The Hall–Kier alpha value is -3.39. The number of para-hydroxylation sites is 1. The predicted octanol–water partition coefficient (Wildman–Crippen LogP) is 4.91. The van der Waals surface area contributed by atoms with E-state index in [0.29, 0.717) is 47.9 Å². The van der Waals surface area contributed by atoms with Crippen molar-refractivity contribution in [2.75, 3.05) is 5.32 Å². The summed E-state index contributed by atoms with van der Waals surface area (Å²) >= 11 is 0. The molecule has 164 valence electrons. The van der Waals surface area contributed by atoms with Crippen molar-refractivity contribution in [1.82, 2.24) is 19.5 Å². The van der Waals surface area contributed by atoms with E-state index in [1.807, 2.05) is 4.57 Å². The molecule has 8 heteroatoms. The van der Waals surface area contributed by atoms with Crippen molar-refractivity contribution in [2.45, 2.75) is 44.2 Å². The maximum Gasteiger partial charge on any atom is 0.210 e. The van der Waals surface area contributed by atoms with E-state index in [1.54, 1.807) is 36.5 Å². The second-order valence-corrected chi connectivity index (χ2v) is 8.17. The summed E-state index contributed by atoms with van der Waals surface area (Å²) in [6.07, 6.45) is 4.76. The monoisotopic (exact) mass is 435 g/mol. The SMILES string of the molecule is OC1CCC(n2c(Nc3ccccc3F)nc3cnc(Cc4ccc(F)cc4)nc32)CC1.